The molecule has 3 atom stereocenters. The zero-order valence-corrected chi connectivity index (χ0v) is 19.2. The van der Waals surface area contributed by atoms with Crippen LogP contribution in [0.15, 0.2) is 54.7 Å². The number of carbonyl (C=O) groups is 2. The topological polar surface area (TPSA) is 142 Å². The second kappa shape index (κ2) is 9.81. The molecule has 6 N–H and O–H groups in total. The minimum absolute atomic E-state index is 0.0178. The van der Waals surface area contributed by atoms with Crippen LogP contribution < -0.4 is 21.7 Å². The van der Waals surface area contributed by atoms with E-state index in [0.717, 1.165) is 30.5 Å². The van der Waals surface area contributed by atoms with Gasteiger partial charge in [0.1, 0.15) is 0 Å². The summed E-state index contributed by atoms with van der Waals surface area (Å²) in [6.07, 6.45) is 3.20. The smallest absolute Gasteiger partial charge is 0.274 e. The van der Waals surface area contributed by atoms with Crippen LogP contribution in [0.25, 0.3) is 11.3 Å². The van der Waals surface area contributed by atoms with E-state index in [1.807, 2.05) is 24.3 Å². The lowest BCUT2D eigenvalue weighted by Gasteiger charge is -2.23. The molecule has 1 aliphatic carbocycles. The number of amides is 2. The van der Waals surface area contributed by atoms with Gasteiger partial charge in [0.05, 0.1) is 24.0 Å². The van der Waals surface area contributed by atoms with Crippen molar-refractivity contribution in [2.75, 3.05) is 18.8 Å². The molecule has 2 aromatic carbocycles. The third kappa shape index (κ3) is 4.87. The molecule has 0 saturated carbocycles. The van der Waals surface area contributed by atoms with Crippen molar-refractivity contribution in [3.8, 4) is 11.3 Å². The minimum atomic E-state index is -0.678. The number of fused-ring (bicyclic) bond motifs is 1. The molecule has 0 bridgehead atoms. The fourth-order valence-corrected chi connectivity index (χ4v) is 4.73. The molecule has 0 unspecified atom stereocenters. The van der Waals surface area contributed by atoms with Crippen LogP contribution in [0.4, 0.5) is 5.82 Å². The summed E-state index contributed by atoms with van der Waals surface area (Å²) in [4.78, 5) is 34.5. The fraction of sp³-hybridized carbons (Fsp3) is 0.308. The highest BCUT2D eigenvalue weighted by atomic mass is 16.3. The lowest BCUT2D eigenvalue weighted by atomic mass is 10.1. The van der Waals surface area contributed by atoms with Crippen molar-refractivity contribution in [3.63, 3.8) is 0 Å². The summed E-state index contributed by atoms with van der Waals surface area (Å²) in [6.45, 7) is 1.65. The predicted octanol–water partition coefficient (Wildman–Crippen LogP) is 1.60. The van der Waals surface area contributed by atoms with Gasteiger partial charge in [-0.25, -0.2) is 9.97 Å². The largest absolute Gasteiger partial charge is 0.390 e. The third-order valence-corrected chi connectivity index (χ3v) is 6.56. The maximum atomic E-state index is 13.0. The SMILES string of the molecule is Nc1ncc(-c2cccc(C(=O)N[C@@H]3c4ccccc4C[C@@H]3O)c2)nc1C(=O)N[C@H]1CCCNC1. The molecule has 3 aromatic rings. The summed E-state index contributed by atoms with van der Waals surface area (Å²) in [7, 11) is 0. The van der Waals surface area contributed by atoms with Gasteiger partial charge in [-0.2, -0.15) is 0 Å². The Morgan fingerprint density at radius 1 is 1.09 bits per heavy atom. The standard InChI is InChI=1S/C26H28N6O3/c27-24-23(26(35)30-18-8-4-10-28-13-18)31-20(14-29-24)16-6-3-7-17(11-16)25(34)32-22-19-9-2-1-5-15(19)12-21(22)33/h1-3,5-7,9,11,14,18,21-22,28,33H,4,8,10,12-13H2,(H2,27,29)(H,30,35)(H,32,34)/t18-,21-,22+/m0/s1. The van der Waals surface area contributed by atoms with E-state index < -0.39 is 12.1 Å². The summed E-state index contributed by atoms with van der Waals surface area (Å²) in [6, 6.07) is 14.2. The third-order valence-electron chi connectivity index (χ3n) is 6.56. The first-order chi connectivity index (χ1) is 17.0. The molecule has 1 saturated heterocycles. The Labute approximate surface area is 203 Å². The molecule has 1 aromatic heterocycles. The monoisotopic (exact) mass is 472 g/mol. The molecular formula is C26H28N6O3. The van der Waals surface area contributed by atoms with Crippen LogP contribution in [0, 0.1) is 0 Å². The molecule has 0 radical (unpaired) electrons. The molecule has 2 amide bonds. The normalized spacial score (nSPS) is 21.2. The van der Waals surface area contributed by atoms with E-state index in [2.05, 4.69) is 25.9 Å². The molecule has 35 heavy (non-hydrogen) atoms. The second-order valence-electron chi connectivity index (χ2n) is 9.01. The molecular weight excluding hydrogens is 444 g/mol. The van der Waals surface area contributed by atoms with E-state index in [-0.39, 0.29) is 29.4 Å². The number of hydrogen-bond acceptors (Lipinski definition) is 7. The van der Waals surface area contributed by atoms with E-state index in [9.17, 15) is 14.7 Å². The number of nitrogens with zero attached hydrogens (tertiary/aromatic N) is 2. The van der Waals surface area contributed by atoms with Crippen LogP contribution in [-0.2, 0) is 6.42 Å². The fourth-order valence-electron chi connectivity index (χ4n) is 4.73. The Kier molecular flexibility index (Phi) is 6.43. The average Bonchev–Trinajstić information content (AvgIpc) is 3.19. The van der Waals surface area contributed by atoms with Gasteiger partial charge in [0, 0.05) is 30.1 Å². The van der Waals surface area contributed by atoms with Crippen LogP contribution in [0.3, 0.4) is 0 Å². The number of aliphatic hydroxyl groups excluding tert-OH is 1. The highest BCUT2D eigenvalue weighted by molar-refractivity contribution is 5.97. The van der Waals surface area contributed by atoms with Gasteiger partial charge < -0.3 is 26.8 Å². The summed E-state index contributed by atoms with van der Waals surface area (Å²) < 4.78 is 0. The lowest BCUT2D eigenvalue weighted by molar-refractivity contribution is 0.0857. The highest BCUT2D eigenvalue weighted by Crippen LogP contribution is 2.31. The summed E-state index contributed by atoms with van der Waals surface area (Å²) in [5.41, 5.74) is 9.46. The number of carbonyl (C=O) groups excluding carboxylic acids is 2. The van der Waals surface area contributed by atoms with E-state index >= 15 is 0 Å². The number of rotatable bonds is 5. The molecule has 9 heteroatoms. The van der Waals surface area contributed by atoms with Crippen molar-refractivity contribution >= 4 is 17.6 Å². The molecule has 1 fully saturated rings. The number of nitrogen functional groups attached to an aromatic ring is 1. The molecule has 5 rings (SSSR count). The Balaban J connectivity index is 1.34. The Hall–Kier alpha value is -3.82. The Morgan fingerprint density at radius 2 is 1.94 bits per heavy atom. The van der Waals surface area contributed by atoms with Crippen LogP contribution in [0.2, 0.25) is 0 Å². The van der Waals surface area contributed by atoms with Crippen molar-refractivity contribution in [3.05, 3.63) is 77.1 Å². The van der Waals surface area contributed by atoms with Gasteiger partial charge >= 0.3 is 0 Å². The first-order valence-corrected chi connectivity index (χ1v) is 11.8. The zero-order valence-electron chi connectivity index (χ0n) is 19.2. The van der Waals surface area contributed by atoms with E-state index in [1.165, 1.54) is 6.20 Å². The molecule has 180 valence electrons. The number of piperidine rings is 1. The maximum absolute atomic E-state index is 13.0. The van der Waals surface area contributed by atoms with Gasteiger partial charge in [-0.15, -0.1) is 0 Å². The zero-order chi connectivity index (χ0) is 24.4. The lowest BCUT2D eigenvalue weighted by Crippen LogP contribution is -2.46. The first-order valence-electron chi connectivity index (χ1n) is 11.8. The van der Waals surface area contributed by atoms with Gasteiger partial charge in [0.2, 0.25) is 0 Å². The maximum Gasteiger partial charge on any atom is 0.274 e. The van der Waals surface area contributed by atoms with Gasteiger partial charge in [0.25, 0.3) is 11.8 Å². The quantitative estimate of drug-likeness (QED) is 0.380. The molecule has 0 spiro atoms. The second-order valence-corrected chi connectivity index (χ2v) is 9.01. The molecule has 9 nitrogen and oxygen atoms in total. The first kappa shape index (κ1) is 22.9. The Morgan fingerprint density at radius 3 is 2.77 bits per heavy atom. The number of nitrogens with one attached hydrogen (secondary N) is 3. The van der Waals surface area contributed by atoms with Crippen LogP contribution in [-0.4, -0.2) is 52.1 Å². The minimum Gasteiger partial charge on any atom is -0.390 e. The van der Waals surface area contributed by atoms with E-state index in [4.69, 9.17) is 5.73 Å². The van der Waals surface area contributed by atoms with Gasteiger partial charge in [-0.1, -0.05) is 36.4 Å². The van der Waals surface area contributed by atoms with Gasteiger partial charge in [0.15, 0.2) is 11.5 Å². The predicted molar refractivity (Wildman–Crippen MR) is 132 cm³/mol. The van der Waals surface area contributed by atoms with Crippen molar-refractivity contribution < 1.29 is 14.7 Å². The highest BCUT2D eigenvalue weighted by Gasteiger charge is 2.32. The number of anilines is 1. The number of nitrogens with two attached hydrogens (primary N) is 1. The number of aliphatic hydroxyl groups is 1. The van der Waals surface area contributed by atoms with Crippen molar-refractivity contribution in [1.82, 2.24) is 25.9 Å². The number of benzene rings is 2. The Bertz CT molecular complexity index is 1260. The van der Waals surface area contributed by atoms with Gasteiger partial charge in [-0.3, -0.25) is 9.59 Å². The van der Waals surface area contributed by atoms with E-state index in [1.54, 1.807) is 24.3 Å². The van der Waals surface area contributed by atoms with Crippen molar-refractivity contribution in [1.29, 1.82) is 0 Å². The summed E-state index contributed by atoms with van der Waals surface area (Å²) >= 11 is 0. The number of aromatic nitrogens is 2. The van der Waals surface area contributed by atoms with Gasteiger partial charge in [-0.05, 0) is 42.6 Å². The van der Waals surface area contributed by atoms with E-state index in [0.29, 0.717) is 29.8 Å². The average molecular weight is 473 g/mol. The van der Waals surface area contributed by atoms with Crippen LogP contribution in [0.5, 0.6) is 0 Å². The molecule has 1 aliphatic heterocycles. The molecule has 2 heterocycles. The van der Waals surface area contributed by atoms with Crippen molar-refractivity contribution in [2.45, 2.75) is 37.5 Å². The summed E-state index contributed by atoms with van der Waals surface area (Å²) in [5.74, 6) is -0.620. The number of hydrogen-bond donors (Lipinski definition) is 5. The van der Waals surface area contributed by atoms with Crippen LogP contribution >= 0.6 is 0 Å². The molecule has 2 aliphatic rings. The summed E-state index contributed by atoms with van der Waals surface area (Å²) in [5, 5.41) is 19.7. The van der Waals surface area contributed by atoms with Crippen molar-refractivity contribution in [2.24, 2.45) is 0 Å². The van der Waals surface area contributed by atoms with Crippen LogP contribution in [0.1, 0.15) is 50.9 Å².